The van der Waals surface area contributed by atoms with Crippen LogP contribution >= 0.6 is 0 Å². The molecule has 7 heteroatoms. The summed E-state index contributed by atoms with van der Waals surface area (Å²) in [5.41, 5.74) is 9.17. The lowest BCUT2D eigenvalue weighted by Gasteiger charge is -2.33. The minimum Gasteiger partial charge on any atom is -0.496 e. The standard InChI is InChI=1S/C25H28N4O3/c1-27-16-19-5-6-23(31-2)21(24(19)32-27)10-13-28-11-8-20(9-12-28)29-14-7-17-3-4-18(25(26)30)15-22(17)29/h3-7,14-16,20H,8-13H2,1-2H3,(H-,26,30)/p+1. The van der Waals surface area contributed by atoms with Gasteiger partial charge in [0.1, 0.15) is 5.75 Å². The second-order valence-electron chi connectivity index (χ2n) is 8.61. The van der Waals surface area contributed by atoms with Crippen LogP contribution in [0, 0.1) is 0 Å². The highest BCUT2D eigenvalue weighted by molar-refractivity contribution is 5.97. The van der Waals surface area contributed by atoms with Gasteiger partial charge in [-0.1, -0.05) is 6.07 Å². The number of piperidine rings is 1. The molecule has 0 radical (unpaired) electrons. The maximum Gasteiger partial charge on any atom is 0.248 e. The first-order valence-electron chi connectivity index (χ1n) is 11.1. The smallest absolute Gasteiger partial charge is 0.248 e. The predicted octanol–water partition coefficient (Wildman–Crippen LogP) is 3.20. The Morgan fingerprint density at radius 3 is 2.72 bits per heavy atom. The zero-order valence-electron chi connectivity index (χ0n) is 18.6. The highest BCUT2D eigenvalue weighted by atomic mass is 16.5. The van der Waals surface area contributed by atoms with Crippen molar-refractivity contribution in [1.29, 1.82) is 0 Å². The number of primary amides is 1. The summed E-state index contributed by atoms with van der Waals surface area (Å²) in [5, 5.41) is 2.24. The van der Waals surface area contributed by atoms with Crippen molar-refractivity contribution in [3.05, 3.63) is 59.9 Å². The molecular formula is C25H29N4O3+. The summed E-state index contributed by atoms with van der Waals surface area (Å²) in [5.74, 6) is 0.497. The van der Waals surface area contributed by atoms with Crippen LogP contribution in [0.2, 0.25) is 0 Å². The third-order valence-electron chi connectivity index (χ3n) is 6.66. The molecule has 0 saturated carbocycles. The fourth-order valence-electron chi connectivity index (χ4n) is 4.94. The van der Waals surface area contributed by atoms with E-state index in [-0.39, 0.29) is 5.91 Å². The molecule has 1 saturated heterocycles. The molecule has 4 aromatic rings. The monoisotopic (exact) mass is 433 g/mol. The van der Waals surface area contributed by atoms with Gasteiger partial charge in [0.2, 0.25) is 17.7 Å². The van der Waals surface area contributed by atoms with Gasteiger partial charge < -0.3 is 19.9 Å². The Morgan fingerprint density at radius 2 is 1.97 bits per heavy atom. The van der Waals surface area contributed by atoms with E-state index in [1.807, 2.05) is 37.5 Å². The Balaban J connectivity index is 1.27. The largest absolute Gasteiger partial charge is 0.496 e. The number of carbonyl (C=O) groups excluding carboxylic acids is 1. The molecular weight excluding hydrogens is 404 g/mol. The van der Waals surface area contributed by atoms with Gasteiger partial charge in [-0.05, 0) is 59.7 Å². The van der Waals surface area contributed by atoms with Crippen LogP contribution in [0.25, 0.3) is 21.9 Å². The average molecular weight is 434 g/mol. The number of aromatic nitrogens is 2. The number of rotatable bonds is 6. The van der Waals surface area contributed by atoms with Crippen molar-refractivity contribution in [3.63, 3.8) is 0 Å². The Hall–Kier alpha value is -3.32. The van der Waals surface area contributed by atoms with Crippen molar-refractivity contribution in [2.24, 2.45) is 12.8 Å². The number of amides is 1. The van der Waals surface area contributed by atoms with Gasteiger partial charge in [0, 0.05) is 48.5 Å². The van der Waals surface area contributed by atoms with Crippen molar-refractivity contribution < 1.29 is 18.8 Å². The van der Waals surface area contributed by atoms with E-state index in [2.05, 4.69) is 21.7 Å². The highest BCUT2D eigenvalue weighted by Crippen LogP contribution is 2.30. The Morgan fingerprint density at radius 1 is 1.19 bits per heavy atom. The molecule has 1 fully saturated rings. The number of ether oxygens (including phenoxy) is 1. The van der Waals surface area contributed by atoms with Crippen LogP contribution in [0.1, 0.15) is 34.8 Å². The number of aryl methyl sites for hydroxylation is 1. The molecule has 1 aliphatic rings. The zero-order chi connectivity index (χ0) is 22.2. The molecule has 2 aromatic carbocycles. The van der Waals surface area contributed by atoms with Gasteiger partial charge in [0.25, 0.3) is 0 Å². The van der Waals surface area contributed by atoms with Gasteiger partial charge in [-0.25, -0.2) is 4.52 Å². The maximum absolute atomic E-state index is 11.6. The van der Waals surface area contributed by atoms with Crippen molar-refractivity contribution in [1.82, 2.24) is 9.47 Å². The molecule has 0 unspecified atom stereocenters. The fourth-order valence-corrected chi connectivity index (χ4v) is 4.94. The molecule has 166 valence electrons. The average Bonchev–Trinajstić information content (AvgIpc) is 3.40. The Labute approximate surface area is 186 Å². The van der Waals surface area contributed by atoms with Gasteiger partial charge in [-0.3, -0.25) is 4.79 Å². The lowest BCUT2D eigenvalue weighted by Crippen LogP contribution is -2.35. The number of benzene rings is 2. The Bertz CT molecular complexity index is 1280. The normalized spacial score (nSPS) is 15.6. The van der Waals surface area contributed by atoms with E-state index in [1.165, 1.54) is 0 Å². The number of likely N-dealkylation sites (tertiary alicyclic amines) is 1. The summed E-state index contributed by atoms with van der Waals surface area (Å²) < 4.78 is 15.6. The van der Waals surface area contributed by atoms with Crippen LogP contribution in [0.15, 0.2) is 53.3 Å². The highest BCUT2D eigenvalue weighted by Gasteiger charge is 2.23. The third kappa shape index (κ3) is 3.73. The predicted molar refractivity (Wildman–Crippen MR) is 123 cm³/mol. The number of hydrogen-bond donors (Lipinski definition) is 1. The SMILES string of the molecule is COc1ccc2c[n+](C)oc2c1CCN1CCC(n2ccc3ccc(C(N)=O)cc32)CC1. The van der Waals surface area contributed by atoms with Crippen LogP contribution in [-0.4, -0.2) is 42.1 Å². The topological polar surface area (TPSA) is 77.5 Å². The lowest BCUT2D eigenvalue weighted by atomic mass is 10.0. The van der Waals surface area contributed by atoms with Gasteiger partial charge >= 0.3 is 0 Å². The molecule has 2 N–H and O–H groups in total. The number of carbonyl (C=O) groups is 1. The van der Waals surface area contributed by atoms with Gasteiger partial charge in [0.15, 0.2) is 7.05 Å². The van der Waals surface area contributed by atoms with Crippen LogP contribution in [0.4, 0.5) is 0 Å². The van der Waals surface area contributed by atoms with E-state index in [9.17, 15) is 4.79 Å². The van der Waals surface area contributed by atoms with Crippen LogP contribution in [0.5, 0.6) is 5.75 Å². The molecule has 5 rings (SSSR count). The van der Waals surface area contributed by atoms with E-state index in [4.69, 9.17) is 15.0 Å². The number of nitrogens with zero attached hydrogens (tertiary/aromatic N) is 3. The third-order valence-corrected chi connectivity index (χ3v) is 6.66. The van der Waals surface area contributed by atoms with Gasteiger partial charge in [-0.2, -0.15) is 0 Å². The molecule has 7 nitrogen and oxygen atoms in total. The van der Waals surface area contributed by atoms with E-state index in [0.29, 0.717) is 11.6 Å². The first kappa shape index (κ1) is 20.6. The first-order chi connectivity index (χ1) is 15.5. The van der Waals surface area contributed by atoms with E-state index >= 15 is 0 Å². The number of methoxy groups -OCH3 is 1. The lowest BCUT2D eigenvalue weighted by molar-refractivity contribution is -0.841. The number of nitrogens with two attached hydrogens (primary N) is 1. The summed E-state index contributed by atoms with van der Waals surface area (Å²) in [6.45, 7) is 3.03. The molecule has 2 aromatic heterocycles. The fraction of sp³-hybridized carbons (Fsp3) is 0.360. The molecule has 0 atom stereocenters. The van der Waals surface area contributed by atoms with Gasteiger partial charge in [0.05, 0.1) is 12.5 Å². The molecule has 1 amide bonds. The number of fused-ring (bicyclic) bond motifs is 2. The summed E-state index contributed by atoms with van der Waals surface area (Å²) >= 11 is 0. The van der Waals surface area contributed by atoms with Crippen molar-refractivity contribution in [2.45, 2.75) is 25.3 Å². The second-order valence-corrected chi connectivity index (χ2v) is 8.61. The quantitative estimate of drug-likeness (QED) is 0.474. The molecule has 0 spiro atoms. The van der Waals surface area contributed by atoms with Crippen LogP contribution < -0.4 is 15.2 Å². The van der Waals surface area contributed by atoms with E-state index in [1.54, 1.807) is 17.9 Å². The summed E-state index contributed by atoms with van der Waals surface area (Å²) in [7, 11) is 3.61. The van der Waals surface area contributed by atoms with E-state index < -0.39 is 0 Å². The zero-order valence-corrected chi connectivity index (χ0v) is 18.6. The summed E-state index contributed by atoms with van der Waals surface area (Å²) in [4.78, 5) is 14.1. The van der Waals surface area contributed by atoms with Crippen LogP contribution in [-0.2, 0) is 13.5 Å². The number of hydrogen-bond acceptors (Lipinski definition) is 4. The first-order valence-corrected chi connectivity index (χ1v) is 11.1. The van der Waals surface area contributed by atoms with Crippen molar-refractivity contribution >= 4 is 27.8 Å². The maximum atomic E-state index is 11.6. The minimum absolute atomic E-state index is 0.384. The van der Waals surface area contributed by atoms with Crippen LogP contribution in [0.3, 0.4) is 0 Å². The molecule has 1 aliphatic heterocycles. The molecule has 0 bridgehead atoms. The molecule has 3 heterocycles. The second kappa shape index (κ2) is 8.31. The summed E-state index contributed by atoms with van der Waals surface area (Å²) in [6, 6.07) is 12.3. The summed E-state index contributed by atoms with van der Waals surface area (Å²) in [6.07, 6.45) is 7.16. The van der Waals surface area contributed by atoms with E-state index in [0.717, 1.165) is 72.1 Å². The molecule has 32 heavy (non-hydrogen) atoms. The Kier molecular flexibility index (Phi) is 5.35. The van der Waals surface area contributed by atoms with Gasteiger partial charge in [-0.15, -0.1) is 0 Å². The molecule has 0 aliphatic carbocycles. The van der Waals surface area contributed by atoms with Crippen molar-refractivity contribution in [2.75, 3.05) is 26.7 Å². The van der Waals surface area contributed by atoms with Crippen molar-refractivity contribution in [3.8, 4) is 5.75 Å². The minimum atomic E-state index is -0.384.